The van der Waals surface area contributed by atoms with Crippen molar-refractivity contribution < 1.29 is 14.3 Å². The highest BCUT2D eigenvalue weighted by atomic mass is 127. The van der Waals surface area contributed by atoms with Crippen LogP contribution in [0.25, 0.3) is 0 Å². The molecule has 2 rings (SSSR count). The van der Waals surface area contributed by atoms with Crippen molar-refractivity contribution in [2.75, 3.05) is 4.43 Å². The lowest BCUT2D eigenvalue weighted by molar-refractivity contribution is -0.148. The van der Waals surface area contributed by atoms with Gasteiger partial charge in [-0.15, -0.1) is 0 Å². The zero-order valence-electron chi connectivity index (χ0n) is 11.1. The van der Waals surface area contributed by atoms with Crippen LogP contribution in [0.15, 0.2) is 15.8 Å². The van der Waals surface area contributed by atoms with Crippen LogP contribution in [0.5, 0.6) is 0 Å². The molecule has 1 aromatic heterocycles. The summed E-state index contributed by atoms with van der Waals surface area (Å²) < 4.78 is 12.9. The molecular formula is C12H15IN2O5. The van der Waals surface area contributed by atoms with E-state index >= 15 is 0 Å². The first kappa shape index (κ1) is 15.2. The normalized spacial score (nSPS) is 25.6. The summed E-state index contributed by atoms with van der Waals surface area (Å²) >= 11 is 2.14. The number of nitrogens with one attached hydrogen (secondary N) is 1. The maximum atomic E-state index is 11.8. The Morgan fingerprint density at radius 2 is 2.30 bits per heavy atom. The summed E-state index contributed by atoms with van der Waals surface area (Å²) in [5.74, 6) is -0.376. The largest absolute Gasteiger partial charge is 0.460 e. The standard InChI is InChI=1S/C12H15IN2O5/c1-6-5-15(12(18)14-11(6)17)10-3-8(19-7(2)16)9(4-13)20-10/h5,8-10H,3-4H2,1-2H3,(H,14,17,18)/t8-,9-,10+/m1/s1. The first-order valence-electron chi connectivity index (χ1n) is 6.13. The number of aromatic amines is 1. The van der Waals surface area contributed by atoms with E-state index in [-0.39, 0.29) is 18.2 Å². The van der Waals surface area contributed by atoms with Crippen molar-refractivity contribution in [2.24, 2.45) is 0 Å². The minimum Gasteiger partial charge on any atom is -0.460 e. The van der Waals surface area contributed by atoms with Crippen LogP contribution in [0, 0.1) is 6.92 Å². The molecule has 1 aliphatic rings. The maximum absolute atomic E-state index is 11.8. The molecule has 20 heavy (non-hydrogen) atoms. The number of rotatable bonds is 3. The number of alkyl halides is 1. The average Bonchev–Trinajstić information content (AvgIpc) is 2.75. The molecule has 1 aromatic rings. The third-order valence-corrected chi connectivity index (χ3v) is 3.97. The number of esters is 1. The molecule has 0 aliphatic carbocycles. The van der Waals surface area contributed by atoms with E-state index in [0.29, 0.717) is 16.4 Å². The summed E-state index contributed by atoms with van der Waals surface area (Å²) in [6.45, 7) is 2.96. The van der Waals surface area contributed by atoms with Crippen LogP contribution in [0.3, 0.4) is 0 Å². The second-order valence-electron chi connectivity index (χ2n) is 4.65. The lowest BCUT2D eigenvalue weighted by Gasteiger charge is -2.15. The fourth-order valence-electron chi connectivity index (χ4n) is 2.15. The van der Waals surface area contributed by atoms with Gasteiger partial charge >= 0.3 is 11.7 Å². The second kappa shape index (κ2) is 6.08. The molecule has 0 bridgehead atoms. The molecule has 2 heterocycles. The molecule has 110 valence electrons. The number of carbonyl (C=O) groups is 1. The van der Waals surface area contributed by atoms with Gasteiger partial charge in [0, 0.05) is 29.5 Å². The number of carbonyl (C=O) groups excluding carboxylic acids is 1. The minimum absolute atomic E-state index is 0.261. The highest BCUT2D eigenvalue weighted by Crippen LogP contribution is 2.30. The van der Waals surface area contributed by atoms with Crippen LogP contribution in [0.4, 0.5) is 0 Å². The summed E-state index contributed by atoms with van der Waals surface area (Å²) in [5, 5.41) is 0. The monoisotopic (exact) mass is 394 g/mol. The number of halogens is 1. The predicted molar refractivity (Wildman–Crippen MR) is 79.0 cm³/mol. The van der Waals surface area contributed by atoms with Gasteiger partial charge in [-0.2, -0.15) is 0 Å². The Morgan fingerprint density at radius 3 is 2.90 bits per heavy atom. The smallest absolute Gasteiger partial charge is 0.330 e. The van der Waals surface area contributed by atoms with Crippen LogP contribution in [-0.4, -0.2) is 32.2 Å². The molecule has 0 saturated carbocycles. The fraction of sp³-hybridized carbons (Fsp3) is 0.583. The molecule has 0 spiro atoms. The van der Waals surface area contributed by atoms with E-state index in [0.717, 1.165) is 0 Å². The molecule has 8 heteroatoms. The van der Waals surface area contributed by atoms with E-state index in [9.17, 15) is 14.4 Å². The fourth-order valence-corrected chi connectivity index (χ4v) is 2.92. The Morgan fingerprint density at radius 1 is 1.60 bits per heavy atom. The van der Waals surface area contributed by atoms with Gasteiger partial charge in [-0.3, -0.25) is 19.1 Å². The number of nitrogens with zero attached hydrogens (tertiary/aromatic N) is 1. The van der Waals surface area contributed by atoms with Crippen molar-refractivity contribution >= 4 is 28.6 Å². The van der Waals surface area contributed by atoms with Gasteiger partial charge in [-0.1, -0.05) is 22.6 Å². The second-order valence-corrected chi connectivity index (χ2v) is 5.53. The van der Waals surface area contributed by atoms with E-state index in [1.165, 1.54) is 17.7 Å². The molecule has 0 aromatic carbocycles. The van der Waals surface area contributed by atoms with E-state index in [1.54, 1.807) is 6.92 Å². The third-order valence-electron chi connectivity index (χ3n) is 3.11. The minimum atomic E-state index is -0.540. The molecule has 0 unspecified atom stereocenters. The van der Waals surface area contributed by atoms with Gasteiger partial charge in [-0.25, -0.2) is 4.79 Å². The molecule has 1 fully saturated rings. The van der Waals surface area contributed by atoms with Crippen LogP contribution < -0.4 is 11.2 Å². The molecule has 3 atom stereocenters. The highest BCUT2D eigenvalue weighted by Gasteiger charge is 2.38. The zero-order chi connectivity index (χ0) is 14.9. The van der Waals surface area contributed by atoms with Crippen molar-refractivity contribution in [1.29, 1.82) is 0 Å². The van der Waals surface area contributed by atoms with E-state index < -0.39 is 17.5 Å². The Bertz CT molecular complexity index is 623. The van der Waals surface area contributed by atoms with Gasteiger partial charge in [0.25, 0.3) is 5.56 Å². The van der Waals surface area contributed by atoms with Gasteiger partial charge in [0.05, 0.1) is 0 Å². The summed E-state index contributed by atoms with van der Waals surface area (Å²) in [4.78, 5) is 36.5. The highest BCUT2D eigenvalue weighted by molar-refractivity contribution is 14.1. The number of aryl methyl sites for hydroxylation is 1. The van der Waals surface area contributed by atoms with Gasteiger partial charge in [0.2, 0.25) is 0 Å². The first-order valence-corrected chi connectivity index (χ1v) is 7.65. The number of aromatic nitrogens is 2. The zero-order valence-corrected chi connectivity index (χ0v) is 13.2. The average molecular weight is 394 g/mol. The Hall–Kier alpha value is -1.16. The Kier molecular flexibility index (Phi) is 4.63. The Labute approximate surface area is 128 Å². The van der Waals surface area contributed by atoms with Crippen molar-refractivity contribution in [3.63, 3.8) is 0 Å². The summed E-state index contributed by atoms with van der Waals surface area (Å²) in [6, 6.07) is 0. The number of ether oxygens (including phenoxy) is 2. The topological polar surface area (TPSA) is 90.4 Å². The van der Waals surface area contributed by atoms with E-state index in [1.807, 2.05) is 0 Å². The van der Waals surface area contributed by atoms with Crippen molar-refractivity contribution in [3.8, 4) is 0 Å². The summed E-state index contributed by atoms with van der Waals surface area (Å²) in [6.07, 6.45) is 0.671. The van der Waals surface area contributed by atoms with Crippen LogP contribution >= 0.6 is 22.6 Å². The number of hydrogen-bond donors (Lipinski definition) is 1. The maximum Gasteiger partial charge on any atom is 0.330 e. The summed E-state index contributed by atoms with van der Waals surface area (Å²) in [7, 11) is 0. The first-order chi connectivity index (χ1) is 9.42. The van der Waals surface area contributed by atoms with Gasteiger partial charge in [0.15, 0.2) is 0 Å². The van der Waals surface area contributed by atoms with Crippen molar-refractivity contribution in [3.05, 3.63) is 32.6 Å². The van der Waals surface area contributed by atoms with E-state index in [2.05, 4.69) is 27.6 Å². The number of H-pyrrole nitrogens is 1. The van der Waals surface area contributed by atoms with Crippen molar-refractivity contribution in [2.45, 2.75) is 38.7 Å². The molecule has 0 amide bonds. The molecular weight excluding hydrogens is 379 g/mol. The van der Waals surface area contributed by atoms with Crippen LogP contribution in [0.2, 0.25) is 0 Å². The molecule has 1 saturated heterocycles. The van der Waals surface area contributed by atoms with Gasteiger partial charge in [-0.05, 0) is 6.92 Å². The molecule has 1 aliphatic heterocycles. The predicted octanol–water partition coefficient (Wildman–Crippen LogP) is 0.499. The Balaban J connectivity index is 2.27. The molecule has 0 radical (unpaired) electrons. The summed E-state index contributed by atoms with van der Waals surface area (Å²) in [5.41, 5.74) is -0.511. The molecule has 7 nitrogen and oxygen atoms in total. The van der Waals surface area contributed by atoms with Crippen LogP contribution in [-0.2, 0) is 14.3 Å². The lowest BCUT2D eigenvalue weighted by atomic mass is 10.2. The van der Waals surface area contributed by atoms with Gasteiger partial charge in [0.1, 0.15) is 18.4 Å². The quantitative estimate of drug-likeness (QED) is 0.458. The van der Waals surface area contributed by atoms with Crippen LogP contribution in [0.1, 0.15) is 25.1 Å². The lowest BCUT2D eigenvalue weighted by Crippen LogP contribution is -2.33. The molecule has 1 N–H and O–H groups in total. The van der Waals surface area contributed by atoms with Crippen molar-refractivity contribution in [1.82, 2.24) is 9.55 Å². The number of hydrogen-bond acceptors (Lipinski definition) is 5. The van der Waals surface area contributed by atoms with Gasteiger partial charge < -0.3 is 9.47 Å². The SMILES string of the molecule is CC(=O)O[C@@H]1C[C@@H](n2cc(C)c(=O)[nH]c2=O)O[C@@H]1CI. The third kappa shape index (κ3) is 3.11. The van der Waals surface area contributed by atoms with E-state index in [4.69, 9.17) is 9.47 Å².